The van der Waals surface area contributed by atoms with Crippen LogP contribution in [0.4, 0.5) is 10.1 Å². The van der Waals surface area contributed by atoms with E-state index < -0.39 is 23.5 Å². The molecule has 0 saturated carbocycles. The Morgan fingerprint density at radius 3 is 2.46 bits per heavy atom. The summed E-state index contributed by atoms with van der Waals surface area (Å²) in [5.74, 6) is -2.11. The molecule has 0 aliphatic rings. The summed E-state index contributed by atoms with van der Waals surface area (Å²) in [6.07, 6.45) is 1.29. The maximum Gasteiger partial charge on any atom is 0.329 e. The standard InChI is InChI=1S/C27H26ClFN4O4/c1-17(2)19-9-7-18(8-10-19)14-30-26(35)27(36)33-31-15-20-5-3-4-6-24(20)37-16-25(34)32-21-11-12-23(29)22(28)13-21/h3-13,15,17H,14,16H2,1-2H3,(H,30,35)(H,32,34)(H,33,36)/b31-15-. The highest BCUT2D eigenvalue weighted by molar-refractivity contribution is 6.35. The third kappa shape index (κ3) is 8.43. The lowest BCUT2D eigenvalue weighted by Crippen LogP contribution is -2.37. The van der Waals surface area contributed by atoms with Crippen molar-refractivity contribution in [3.8, 4) is 5.75 Å². The minimum Gasteiger partial charge on any atom is -0.483 e. The van der Waals surface area contributed by atoms with Crippen LogP contribution in [0.1, 0.15) is 36.5 Å². The largest absolute Gasteiger partial charge is 0.483 e. The van der Waals surface area contributed by atoms with Crippen LogP contribution in [0.25, 0.3) is 0 Å². The van der Waals surface area contributed by atoms with Gasteiger partial charge >= 0.3 is 11.8 Å². The molecule has 0 bridgehead atoms. The molecule has 0 aromatic heterocycles. The summed E-state index contributed by atoms with van der Waals surface area (Å²) < 4.78 is 18.8. The van der Waals surface area contributed by atoms with Crippen molar-refractivity contribution in [2.45, 2.75) is 26.3 Å². The molecular weight excluding hydrogens is 499 g/mol. The highest BCUT2D eigenvalue weighted by Crippen LogP contribution is 2.20. The van der Waals surface area contributed by atoms with Crippen molar-refractivity contribution >= 4 is 41.2 Å². The Morgan fingerprint density at radius 2 is 1.76 bits per heavy atom. The number of hydrogen-bond acceptors (Lipinski definition) is 5. The van der Waals surface area contributed by atoms with E-state index in [1.54, 1.807) is 24.3 Å². The second kappa shape index (κ2) is 13.2. The number of nitrogens with one attached hydrogen (secondary N) is 3. The summed E-state index contributed by atoms with van der Waals surface area (Å²) in [4.78, 5) is 36.3. The molecule has 0 unspecified atom stereocenters. The van der Waals surface area contributed by atoms with E-state index >= 15 is 0 Å². The number of benzene rings is 3. The van der Waals surface area contributed by atoms with Crippen molar-refractivity contribution < 1.29 is 23.5 Å². The smallest absolute Gasteiger partial charge is 0.329 e. The van der Waals surface area contributed by atoms with Crippen LogP contribution in [0.5, 0.6) is 5.75 Å². The quantitative estimate of drug-likeness (QED) is 0.219. The summed E-state index contributed by atoms with van der Waals surface area (Å²) in [5, 5.41) is 8.79. The van der Waals surface area contributed by atoms with E-state index in [0.29, 0.717) is 22.9 Å². The Morgan fingerprint density at radius 1 is 1.03 bits per heavy atom. The van der Waals surface area contributed by atoms with E-state index in [4.69, 9.17) is 16.3 Å². The molecule has 0 spiro atoms. The summed E-state index contributed by atoms with van der Waals surface area (Å²) in [6, 6.07) is 18.3. The van der Waals surface area contributed by atoms with E-state index in [9.17, 15) is 18.8 Å². The van der Waals surface area contributed by atoms with Crippen LogP contribution in [0, 0.1) is 5.82 Å². The van der Waals surface area contributed by atoms with Gasteiger partial charge in [0.05, 0.1) is 11.2 Å². The Kier molecular flexibility index (Phi) is 9.74. The number of hydrogen-bond donors (Lipinski definition) is 3. The highest BCUT2D eigenvalue weighted by atomic mass is 35.5. The van der Waals surface area contributed by atoms with E-state index in [0.717, 1.165) is 11.6 Å². The van der Waals surface area contributed by atoms with Crippen LogP contribution in [-0.2, 0) is 20.9 Å². The number of anilines is 1. The Bertz CT molecular complexity index is 1300. The lowest BCUT2D eigenvalue weighted by molar-refractivity contribution is -0.139. The normalized spacial score (nSPS) is 10.8. The molecule has 0 fully saturated rings. The molecule has 3 aromatic rings. The predicted octanol–water partition coefficient (Wildman–Crippen LogP) is 4.39. The molecule has 10 heteroatoms. The summed E-state index contributed by atoms with van der Waals surface area (Å²) in [6.45, 7) is 4.05. The van der Waals surface area contributed by atoms with Crippen molar-refractivity contribution in [3.05, 3.63) is 94.3 Å². The van der Waals surface area contributed by atoms with Crippen LogP contribution < -0.4 is 20.8 Å². The molecule has 0 atom stereocenters. The number of carbonyl (C=O) groups excluding carboxylic acids is 3. The zero-order chi connectivity index (χ0) is 26.8. The molecule has 0 saturated heterocycles. The number of nitrogens with zero attached hydrogens (tertiary/aromatic N) is 1. The van der Waals surface area contributed by atoms with Crippen molar-refractivity contribution in [1.29, 1.82) is 0 Å². The summed E-state index contributed by atoms with van der Waals surface area (Å²) in [5.41, 5.74) is 5.01. The van der Waals surface area contributed by atoms with Gasteiger partial charge in [0.15, 0.2) is 6.61 Å². The average Bonchev–Trinajstić information content (AvgIpc) is 2.89. The van der Waals surface area contributed by atoms with Gasteiger partial charge in [-0.15, -0.1) is 0 Å². The fourth-order valence-corrected chi connectivity index (χ4v) is 3.31. The number of hydrazone groups is 1. The molecule has 8 nitrogen and oxygen atoms in total. The van der Waals surface area contributed by atoms with Crippen LogP contribution in [0.3, 0.4) is 0 Å². The van der Waals surface area contributed by atoms with Gasteiger partial charge in [-0.3, -0.25) is 14.4 Å². The number of para-hydroxylation sites is 1. The number of carbonyl (C=O) groups is 3. The van der Waals surface area contributed by atoms with Gasteiger partial charge in [-0.25, -0.2) is 9.82 Å². The molecule has 192 valence electrons. The van der Waals surface area contributed by atoms with Gasteiger partial charge < -0.3 is 15.4 Å². The van der Waals surface area contributed by atoms with Crippen molar-refractivity contribution in [2.75, 3.05) is 11.9 Å². The fraction of sp³-hybridized carbons (Fsp3) is 0.185. The number of amides is 3. The first-order valence-corrected chi connectivity index (χ1v) is 11.8. The van der Waals surface area contributed by atoms with E-state index in [-0.39, 0.29) is 18.2 Å². The Balaban J connectivity index is 1.48. The van der Waals surface area contributed by atoms with Gasteiger partial charge in [0.25, 0.3) is 5.91 Å². The first kappa shape index (κ1) is 27.3. The molecule has 0 aliphatic carbocycles. The molecule has 3 amide bonds. The lowest BCUT2D eigenvalue weighted by Gasteiger charge is -2.10. The van der Waals surface area contributed by atoms with Gasteiger partial charge in [0.2, 0.25) is 0 Å². The molecule has 3 aromatic carbocycles. The zero-order valence-corrected chi connectivity index (χ0v) is 21.0. The molecule has 0 heterocycles. The van der Waals surface area contributed by atoms with E-state index in [1.165, 1.54) is 23.9 Å². The Labute approximate surface area is 218 Å². The summed E-state index contributed by atoms with van der Waals surface area (Å²) >= 11 is 5.71. The van der Waals surface area contributed by atoms with Crippen LogP contribution in [-0.4, -0.2) is 30.5 Å². The SMILES string of the molecule is CC(C)c1ccc(CNC(=O)C(=O)N/N=C\c2ccccc2OCC(=O)Nc2ccc(F)c(Cl)c2)cc1. The third-order valence-electron chi connectivity index (χ3n) is 5.16. The first-order valence-electron chi connectivity index (χ1n) is 11.4. The number of rotatable bonds is 9. The van der Waals surface area contributed by atoms with Crippen molar-refractivity contribution in [1.82, 2.24) is 10.7 Å². The maximum absolute atomic E-state index is 13.3. The van der Waals surface area contributed by atoms with Crippen LogP contribution in [0.15, 0.2) is 71.8 Å². The van der Waals surface area contributed by atoms with E-state index in [2.05, 4.69) is 35.0 Å². The molecule has 0 radical (unpaired) electrons. The predicted molar refractivity (Wildman–Crippen MR) is 140 cm³/mol. The Hall–Kier alpha value is -4.24. The van der Waals surface area contributed by atoms with Gasteiger partial charge in [-0.2, -0.15) is 5.10 Å². The fourth-order valence-electron chi connectivity index (χ4n) is 3.13. The molecule has 3 N–H and O–H groups in total. The number of ether oxygens (including phenoxy) is 1. The topological polar surface area (TPSA) is 109 Å². The van der Waals surface area contributed by atoms with Crippen molar-refractivity contribution in [3.63, 3.8) is 0 Å². The zero-order valence-electron chi connectivity index (χ0n) is 20.3. The van der Waals surface area contributed by atoms with Gasteiger partial charge in [-0.1, -0.05) is 61.8 Å². The van der Waals surface area contributed by atoms with Gasteiger partial charge in [-0.05, 0) is 47.4 Å². The van der Waals surface area contributed by atoms with Crippen molar-refractivity contribution in [2.24, 2.45) is 5.10 Å². The number of halogens is 2. The lowest BCUT2D eigenvalue weighted by atomic mass is 10.0. The summed E-state index contributed by atoms with van der Waals surface area (Å²) in [7, 11) is 0. The van der Waals surface area contributed by atoms with Gasteiger partial charge in [0.1, 0.15) is 11.6 Å². The molecule has 37 heavy (non-hydrogen) atoms. The second-order valence-corrected chi connectivity index (χ2v) is 8.69. The van der Waals surface area contributed by atoms with Crippen LogP contribution in [0.2, 0.25) is 5.02 Å². The average molecular weight is 525 g/mol. The molecule has 3 rings (SSSR count). The monoisotopic (exact) mass is 524 g/mol. The highest BCUT2D eigenvalue weighted by Gasteiger charge is 2.13. The minimum absolute atomic E-state index is 0.115. The first-order chi connectivity index (χ1) is 17.7. The molecular formula is C27H26ClFN4O4. The minimum atomic E-state index is -0.925. The van der Waals surface area contributed by atoms with E-state index in [1.807, 2.05) is 24.3 Å². The van der Waals surface area contributed by atoms with Gasteiger partial charge in [0, 0.05) is 17.8 Å². The van der Waals surface area contributed by atoms with Crippen LogP contribution >= 0.6 is 11.6 Å². The molecule has 0 aliphatic heterocycles. The third-order valence-corrected chi connectivity index (χ3v) is 5.45. The second-order valence-electron chi connectivity index (χ2n) is 8.28. The maximum atomic E-state index is 13.3.